The number of urea groups is 1. The topological polar surface area (TPSA) is 120 Å². The fourth-order valence-electron chi connectivity index (χ4n) is 4.02. The van der Waals surface area contributed by atoms with Crippen LogP contribution in [0.2, 0.25) is 0 Å². The van der Waals surface area contributed by atoms with Crippen LogP contribution >= 0.6 is 0 Å². The highest BCUT2D eigenvalue weighted by atomic mass is 16.5. The molecule has 1 aliphatic heterocycles. The number of anilines is 2. The Kier molecular flexibility index (Phi) is 8.16. The van der Waals surface area contributed by atoms with E-state index < -0.39 is 6.03 Å². The first-order valence-corrected chi connectivity index (χ1v) is 11.4. The van der Waals surface area contributed by atoms with Gasteiger partial charge in [0, 0.05) is 30.3 Å². The third kappa shape index (κ3) is 6.06. The zero-order valence-electron chi connectivity index (χ0n) is 20.7. The molecule has 3 N–H and O–H groups in total. The van der Waals surface area contributed by atoms with E-state index in [1.807, 2.05) is 21.0 Å². The maximum Gasteiger partial charge on any atom is 0.323 e. The van der Waals surface area contributed by atoms with Crippen LogP contribution in [0.15, 0.2) is 22.7 Å². The van der Waals surface area contributed by atoms with E-state index in [1.165, 1.54) is 0 Å². The van der Waals surface area contributed by atoms with Crippen LogP contribution in [-0.2, 0) is 11.2 Å². The van der Waals surface area contributed by atoms with Crippen molar-refractivity contribution in [1.82, 2.24) is 15.0 Å². The van der Waals surface area contributed by atoms with E-state index in [0.717, 1.165) is 0 Å². The molecular weight excluding hydrogens is 438 g/mol. The minimum Gasteiger partial charge on any atom is -0.488 e. The number of benzene rings is 1. The summed E-state index contributed by atoms with van der Waals surface area (Å²) in [5.41, 5.74) is 2.30. The van der Waals surface area contributed by atoms with E-state index in [0.29, 0.717) is 47.2 Å². The van der Waals surface area contributed by atoms with Crippen molar-refractivity contribution in [1.29, 1.82) is 0 Å². The van der Waals surface area contributed by atoms with E-state index in [9.17, 15) is 14.7 Å². The molecular formula is C24H35N5O5. The molecule has 1 aromatic carbocycles. The third-order valence-corrected chi connectivity index (χ3v) is 5.99. The van der Waals surface area contributed by atoms with Crippen molar-refractivity contribution in [3.8, 4) is 5.75 Å². The predicted octanol–water partition coefficient (Wildman–Crippen LogP) is 2.65. The second-order valence-electron chi connectivity index (χ2n) is 9.25. The Hall–Kier alpha value is -3.11. The number of aromatic nitrogens is 1. The number of carbonyl (C=O) groups excluding carboxylic acids is 2. The van der Waals surface area contributed by atoms with Gasteiger partial charge in [-0.2, -0.15) is 0 Å². The second-order valence-corrected chi connectivity index (χ2v) is 9.25. The minimum absolute atomic E-state index is 0.0462. The van der Waals surface area contributed by atoms with Crippen LogP contribution in [0.3, 0.4) is 0 Å². The van der Waals surface area contributed by atoms with Crippen LogP contribution in [0, 0.1) is 19.8 Å². The summed E-state index contributed by atoms with van der Waals surface area (Å²) < 4.78 is 11.5. The van der Waals surface area contributed by atoms with Gasteiger partial charge in [-0.25, -0.2) is 4.79 Å². The van der Waals surface area contributed by atoms with Crippen LogP contribution < -0.4 is 15.4 Å². The van der Waals surface area contributed by atoms with Gasteiger partial charge in [0.05, 0.1) is 19.1 Å². The Morgan fingerprint density at radius 1 is 1.32 bits per heavy atom. The number of fused-ring (bicyclic) bond motifs is 1. The number of rotatable bonds is 6. The van der Waals surface area contributed by atoms with Gasteiger partial charge in [0.25, 0.3) is 0 Å². The summed E-state index contributed by atoms with van der Waals surface area (Å²) in [6, 6.07) is 4.54. The fourth-order valence-corrected chi connectivity index (χ4v) is 4.02. The van der Waals surface area contributed by atoms with Crippen LogP contribution in [0.4, 0.5) is 16.2 Å². The standard InChI is InChI=1S/C24H35N5O5/c1-14-11-29(15(2)13-30)22(31)10-18-9-19(7-8-20(18)33-21(14)12-28(5)6)25-24(32)26-23-16(3)27-34-17(23)4/h7-9,14-15,21,30H,10-13H2,1-6H3,(H2,25,26,32)/t14-,15+,21-/m1/s1. The molecule has 0 fully saturated rings. The van der Waals surface area contributed by atoms with Gasteiger partial charge in [0.2, 0.25) is 5.91 Å². The van der Waals surface area contributed by atoms with Crippen molar-refractivity contribution in [2.75, 3.05) is 44.4 Å². The molecule has 0 radical (unpaired) electrons. The summed E-state index contributed by atoms with van der Waals surface area (Å²) in [4.78, 5) is 29.5. The SMILES string of the molecule is Cc1noc(C)c1NC(=O)Nc1ccc2c(c1)CC(=O)N([C@@H](C)CO)C[C@@H](C)[C@@H](CN(C)C)O2. The number of nitrogens with one attached hydrogen (secondary N) is 2. The van der Waals surface area contributed by atoms with Gasteiger partial charge in [-0.05, 0) is 53.1 Å². The largest absolute Gasteiger partial charge is 0.488 e. The fraction of sp³-hybridized carbons (Fsp3) is 0.542. The van der Waals surface area contributed by atoms with Crippen LogP contribution in [0.1, 0.15) is 30.9 Å². The normalized spacial score (nSPS) is 19.5. The number of hydrogen-bond donors (Lipinski definition) is 3. The lowest BCUT2D eigenvalue weighted by atomic mass is 10.0. The van der Waals surface area contributed by atoms with Gasteiger partial charge >= 0.3 is 6.03 Å². The highest BCUT2D eigenvalue weighted by Gasteiger charge is 2.30. The second kappa shape index (κ2) is 10.9. The average molecular weight is 474 g/mol. The third-order valence-electron chi connectivity index (χ3n) is 5.99. The molecule has 1 aromatic heterocycles. The summed E-state index contributed by atoms with van der Waals surface area (Å²) in [5.74, 6) is 1.08. The van der Waals surface area contributed by atoms with Gasteiger partial charge in [-0.1, -0.05) is 12.1 Å². The Morgan fingerprint density at radius 2 is 2.06 bits per heavy atom. The maximum absolute atomic E-state index is 13.2. The smallest absolute Gasteiger partial charge is 0.323 e. The summed E-state index contributed by atoms with van der Waals surface area (Å²) in [6.07, 6.45) is -0.0584. The van der Waals surface area contributed by atoms with Crippen molar-refractivity contribution >= 4 is 23.3 Å². The molecule has 0 bridgehead atoms. The molecule has 34 heavy (non-hydrogen) atoms. The summed E-state index contributed by atoms with van der Waals surface area (Å²) in [6.45, 7) is 8.40. The quantitative estimate of drug-likeness (QED) is 0.590. The first kappa shape index (κ1) is 25.5. The zero-order valence-corrected chi connectivity index (χ0v) is 20.7. The monoisotopic (exact) mass is 473 g/mol. The number of aryl methyl sites for hydroxylation is 2. The van der Waals surface area contributed by atoms with E-state index in [2.05, 4.69) is 27.6 Å². The van der Waals surface area contributed by atoms with E-state index in [-0.39, 0.29) is 37.0 Å². The van der Waals surface area contributed by atoms with Crippen molar-refractivity contribution < 1.29 is 24.0 Å². The van der Waals surface area contributed by atoms with E-state index >= 15 is 0 Å². The molecule has 0 saturated heterocycles. The first-order chi connectivity index (χ1) is 16.1. The molecule has 2 aromatic rings. The minimum atomic E-state index is -0.445. The maximum atomic E-state index is 13.2. The lowest BCUT2D eigenvalue weighted by Crippen LogP contribution is -2.47. The molecule has 0 aliphatic carbocycles. The van der Waals surface area contributed by atoms with Crippen LogP contribution in [0.25, 0.3) is 0 Å². The molecule has 3 rings (SSSR count). The molecule has 1 aliphatic rings. The molecule has 10 heteroatoms. The molecule has 10 nitrogen and oxygen atoms in total. The van der Waals surface area contributed by atoms with Crippen LogP contribution in [0.5, 0.6) is 5.75 Å². The number of hydrogen-bond acceptors (Lipinski definition) is 7. The lowest BCUT2D eigenvalue weighted by molar-refractivity contribution is -0.134. The van der Waals surface area contributed by atoms with Gasteiger partial charge < -0.3 is 34.8 Å². The van der Waals surface area contributed by atoms with Gasteiger partial charge in [-0.15, -0.1) is 0 Å². The number of likely N-dealkylation sites (N-methyl/N-ethyl adjacent to an activating group) is 1. The molecule has 186 valence electrons. The molecule has 0 spiro atoms. The molecule has 3 amide bonds. The number of ether oxygens (including phenoxy) is 1. The Bertz CT molecular complexity index is 1000. The van der Waals surface area contributed by atoms with Gasteiger partial charge in [-0.3, -0.25) is 4.79 Å². The van der Waals surface area contributed by atoms with E-state index in [4.69, 9.17) is 9.26 Å². The summed E-state index contributed by atoms with van der Waals surface area (Å²) >= 11 is 0. The average Bonchev–Trinajstić information content (AvgIpc) is 3.10. The summed E-state index contributed by atoms with van der Waals surface area (Å²) in [7, 11) is 3.96. The number of aliphatic hydroxyl groups excluding tert-OH is 1. The predicted molar refractivity (Wildman–Crippen MR) is 129 cm³/mol. The molecule has 0 saturated carbocycles. The van der Waals surface area contributed by atoms with Crippen molar-refractivity contribution in [3.63, 3.8) is 0 Å². The highest BCUT2D eigenvalue weighted by Crippen LogP contribution is 2.29. The van der Waals surface area contributed by atoms with Crippen molar-refractivity contribution in [2.45, 2.75) is 46.3 Å². The number of nitrogens with zero attached hydrogens (tertiary/aromatic N) is 3. The molecule has 2 heterocycles. The number of amides is 3. The molecule has 0 unspecified atom stereocenters. The Labute approximate surface area is 200 Å². The van der Waals surface area contributed by atoms with Crippen molar-refractivity contribution in [2.24, 2.45) is 5.92 Å². The number of aliphatic hydroxyl groups is 1. The molecule has 3 atom stereocenters. The van der Waals surface area contributed by atoms with Gasteiger partial charge in [0.15, 0.2) is 5.76 Å². The van der Waals surface area contributed by atoms with Gasteiger partial charge in [0.1, 0.15) is 23.2 Å². The Balaban J connectivity index is 1.87. The van der Waals surface area contributed by atoms with Crippen LogP contribution in [-0.4, -0.2) is 77.9 Å². The number of carbonyl (C=O) groups is 2. The lowest BCUT2D eigenvalue weighted by Gasteiger charge is -2.33. The first-order valence-electron chi connectivity index (χ1n) is 11.4. The highest BCUT2D eigenvalue weighted by molar-refractivity contribution is 6.00. The zero-order chi connectivity index (χ0) is 25.0. The van der Waals surface area contributed by atoms with E-state index in [1.54, 1.807) is 36.9 Å². The van der Waals surface area contributed by atoms with Crippen molar-refractivity contribution in [3.05, 3.63) is 35.2 Å². The summed E-state index contributed by atoms with van der Waals surface area (Å²) in [5, 5.41) is 19.1. The Morgan fingerprint density at radius 3 is 2.68 bits per heavy atom.